The lowest BCUT2D eigenvalue weighted by Gasteiger charge is -2.15. The fourth-order valence-electron chi connectivity index (χ4n) is 2.68. The van der Waals surface area contributed by atoms with Gasteiger partial charge in [-0.05, 0) is 66.8 Å². The van der Waals surface area contributed by atoms with Gasteiger partial charge in [0.25, 0.3) is 5.91 Å². The van der Waals surface area contributed by atoms with Gasteiger partial charge in [0.1, 0.15) is 5.75 Å². The Hall–Kier alpha value is -3.47. The van der Waals surface area contributed by atoms with E-state index in [1.54, 1.807) is 30.3 Å². The van der Waals surface area contributed by atoms with Crippen LogP contribution in [0.5, 0.6) is 5.75 Å². The van der Waals surface area contributed by atoms with Crippen molar-refractivity contribution in [2.75, 3.05) is 23.1 Å². The number of carbonyl (C=O) groups excluding carboxylic acids is 1. The normalized spacial score (nSPS) is 10.8. The maximum atomic E-state index is 12.6. The van der Waals surface area contributed by atoms with E-state index in [9.17, 15) is 13.2 Å². The smallest absolute Gasteiger partial charge is 0.255 e. The van der Waals surface area contributed by atoms with Crippen LogP contribution in [0.1, 0.15) is 10.4 Å². The lowest BCUT2D eigenvalue weighted by atomic mass is 10.1. The zero-order chi connectivity index (χ0) is 22.4. The number of para-hydroxylation sites is 1. The molecule has 31 heavy (non-hydrogen) atoms. The van der Waals surface area contributed by atoms with E-state index < -0.39 is 10.0 Å². The number of thiocarbonyl (C=S) groups is 1. The van der Waals surface area contributed by atoms with Gasteiger partial charge in [-0.2, -0.15) is 0 Å². The number of ether oxygens (including phenoxy) is 1. The summed E-state index contributed by atoms with van der Waals surface area (Å²) in [6.07, 6.45) is 0. The number of primary sulfonamides is 1. The van der Waals surface area contributed by atoms with Crippen LogP contribution in [0.3, 0.4) is 0 Å². The number of amides is 1. The average molecular weight is 457 g/mol. The van der Waals surface area contributed by atoms with Crippen molar-refractivity contribution in [1.82, 2.24) is 0 Å². The molecule has 10 heteroatoms. The Morgan fingerprint density at radius 3 is 2.16 bits per heavy atom. The molecule has 3 rings (SSSR count). The Kier molecular flexibility index (Phi) is 6.85. The van der Waals surface area contributed by atoms with Gasteiger partial charge >= 0.3 is 0 Å². The van der Waals surface area contributed by atoms with Crippen LogP contribution in [0.15, 0.2) is 77.7 Å². The van der Waals surface area contributed by atoms with E-state index in [1.807, 2.05) is 18.2 Å². The second-order valence-corrected chi connectivity index (χ2v) is 8.35. The van der Waals surface area contributed by atoms with E-state index in [4.69, 9.17) is 22.1 Å². The summed E-state index contributed by atoms with van der Waals surface area (Å²) in [6.45, 7) is 0. The minimum atomic E-state index is -3.77. The third-order valence-electron chi connectivity index (χ3n) is 4.18. The molecule has 160 valence electrons. The van der Waals surface area contributed by atoms with Crippen LogP contribution < -0.4 is 25.8 Å². The Labute approximate surface area is 185 Å². The highest BCUT2D eigenvalue weighted by Crippen LogP contribution is 2.26. The molecule has 0 atom stereocenters. The third kappa shape index (κ3) is 6.01. The summed E-state index contributed by atoms with van der Waals surface area (Å²) >= 11 is 5.32. The lowest BCUT2D eigenvalue weighted by molar-refractivity contribution is 0.102. The van der Waals surface area contributed by atoms with Crippen molar-refractivity contribution in [3.8, 4) is 5.75 Å². The molecule has 3 aromatic carbocycles. The maximum absolute atomic E-state index is 12.6. The molecule has 3 aromatic rings. The summed E-state index contributed by atoms with van der Waals surface area (Å²) in [4.78, 5) is 12.6. The summed E-state index contributed by atoms with van der Waals surface area (Å²) in [5, 5.41) is 14.1. The molecule has 0 heterocycles. The highest BCUT2D eigenvalue weighted by atomic mass is 32.2. The number of nitrogens with one attached hydrogen (secondary N) is 3. The van der Waals surface area contributed by atoms with Gasteiger partial charge in [-0.3, -0.25) is 4.79 Å². The van der Waals surface area contributed by atoms with Crippen molar-refractivity contribution in [2.45, 2.75) is 4.90 Å². The van der Waals surface area contributed by atoms with Gasteiger partial charge in [-0.15, -0.1) is 0 Å². The Morgan fingerprint density at radius 1 is 0.903 bits per heavy atom. The molecule has 5 N–H and O–H groups in total. The van der Waals surface area contributed by atoms with Gasteiger partial charge in [0.2, 0.25) is 10.0 Å². The quantitative estimate of drug-likeness (QED) is 0.419. The molecule has 0 aliphatic heterocycles. The maximum Gasteiger partial charge on any atom is 0.255 e. The topological polar surface area (TPSA) is 123 Å². The lowest BCUT2D eigenvalue weighted by Crippen LogP contribution is -2.20. The van der Waals surface area contributed by atoms with Gasteiger partial charge < -0.3 is 20.7 Å². The fourth-order valence-corrected chi connectivity index (χ4v) is 3.43. The molecule has 0 aliphatic carbocycles. The molecule has 0 spiro atoms. The predicted octanol–water partition coefficient (Wildman–Crippen LogP) is 3.40. The van der Waals surface area contributed by atoms with Gasteiger partial charge in [0, 0.05) is 16.9 Å². The molecule has 0 bridgehead atoms. The minimum Gasteiger partial charge on any atom is -0.495 e. The molecule has 0 fully saturated rings. The first-order valence-electron chi connectivity index (χ1n) is 9.01. The predicted molar refractivity (Wildman–Crippen MR) is 125 cm³/mol. The average Bonchev–Trinajstić information content (AvgIpc) is 2.74. The van der Waals surface area contributed by atoms with Crippen molar-refractivity contribution in [3.05, 3.63) is 78.4 Å². The minimum absolute atomic E-state index is 0.00396. The summed E-state index contributed by atoms with van der Waals surface area (Å²) in [6, 6.07) is 19.8. The van der Waals surface area contributed by atoms with Crippen molar-refractivity contribution >= 4 is 50.3 Å². The zero-order valence-electron chi connectivity index (χ0n) is 16.5. The molecule has 0 saturated carbocycles. The van der Waals surface area contributed by atoms with Crippen molar-refractivity contribution in [2.24, 2.45) is 5.14 Å². The Bertz CT molecular complexity index is 1200. The first-order chi connectivity index (χ1) is 14.8. The van der Waals surface area contributed by atoms with E-state index in [0.717, 1.165) is 0 Å². The fraction of sp³-hybridized carbons (Fsp3) is 0.0476. The molecular weight excluding hydrogens is 436 g/mol. The Morgan fingerprint density at radius 2 is 1.55 bits per heavy atom. The highest BCUT2D eigenvalue weighted by molar-refractivity contribution is 7.89. The molecule has 0 saturated heterocycles. The van der Waals surface area contributed by atoms with Gasteiger partial charge in [-0.25, -0.2) is 13.6 Å². The van der Waals surface area contributed by atoms with Crippen LogP contribution >= 0.6 is 12.2 Å². The first-order valence-corrected chi connectivity index (χ1v) is 11.0. The second-order valence-electron chi connectivity index (χ2n) is 6.38. The largest absolute Gasteiger partial charge is 0.495 e. The van der Waals surface area contributed by atoms with Crippen LogP contribution in [0.2, 0.25) is 0 Å². The molecule has 0 radical (unpaired) electrons. The third-order valence-corrected chi connectivity index (χ3v) is 5.32. The van der Waals surface area contributed by atoms with Gasteiger partial charge in [-0.1, -0.05) is 18.2 Å². The number of nitrogens with two attached hydrogens (primary N) is 1. The summed E-state index contributed by atoms with van der Waals surface area (Å²) in [5.74, 6) is 0.208. The number of rotatable bonds is 6. The molecule has 0 unspecified atom stereocenters. The number of hydrogen-bond acceptors (Lipinski definition) is 5. The summed E-state index contributed by atoms with van der Waals surface area (Å²) in [5.41, 5.74) is 2.13. The summed E-state index contributed by atoms with van der Waals surface area (Å²) < 4.78 is 28.0. The molecule has 1 amide bonds. The van der Waals surface area contributed by atoms with Gasteiger partial charge in [0.05, 0.1) is 17.7 Å². The molecule has 0 aliphatic rings. The van der Waals surface area contributed by atoms with E-state index >= 15 is 0 Å². The van der Waals surface area contributed by atoms with Gasteiger partial charge in [0.15, 0.2) is 5.11 Å². The second kappa shape index (κ2) is 9.56. The van der Waals surface area contributed by atoms with Crippen LogP contribution in [0.25, 0.3) is 0 Å². The SMILES string of the molecule is COc1ccc(C(=O)Nc2ccccc2)cc1NC(=S)Nc1ccc(S(N)(=O)=O)cc1. The number of carbonyl (C=O) groups is 1. The van der Waals surface area contributed by atoms with E-state index in [1.165, 1.54) is 31.4 Å². The van der Waals surface area contributed by atoms with E-state index in [-0.39, 0.29) is 15.9 Å². The summed E-state index contributed by atoms with van der Waals surface area (Å²) in [7, 11) is -2.27. The van der Waals surface area contributed by atoms with Crippen LogP contribution in [-0.4, -0.2) is 26.5 Å². The standard InChI is InChI=1S/C21H20N4O4S2/c1-29-19-12-7-14(20(26)23-15-5-3-2-4-6-15)13-18(19)25-21(30)24-16-8-10-17(11-9-16)31(22,27)28/h2-13H,1H3,(H,23,26)(H2,22,27,28)(H2,24,25,30). The number of methoxy groups -OCH3 is 1. The number of benzene rings is 3. The van der Waals surface area contributed by atoms with Crippen molar-refractivity contribution in [1.29, 1.82) is 0 Å². The van der Waals surface area contributed by atoms with Crippen LogP contribution in [-0.2, 0) is 10.0 Å². The van der Waals surface area contributed by atoms with Crippen LogP contribution in [0, 0.1) is 0 Å². The number of sulfonamides is 1. The first kappa shape index (κ1) is 22.2. The zero-order valence-corrected chi connectivity index (χ0v) is 18.1. The molecular formula is C21H20N4O4S2. The van der Waals surface area contributed by atoms with Crippen molar-refractivity contribution in [3.63, 3.8) is 0 Å². The molecule has 0 aromatic heterocycles. The number of hydrogen-bond donors (Lipinski definition) is 4. The van der Waals surface area contributed by atoms with Crippen LogP contribution in [0.4, 0.5) is 17.1 Å². The number of anilines is 3. The van der Waals surface area contributed by atoms with Crippen molar-refractivity contribution < 1.29 is 17.9 Å². The van der Waals surface area contributed by atoms with E-state index in [0.29, 0.717) is 28.4 Å². The monoisotopic (exact) mass is 456 g/mol. The molecule has 8 nitrogen and oxygen atoms in total. The van der Waals surface area contributed by atoms with E-state index in [2.05, 4.69) is 16.0 Å². The Balaban J connectivity index is 1.73. The highest BCUT2D eigenvalue weighted by Gasteiger charge is 2.12.